The minimum absolute atomic E-state index is 0.0684. The SMILES string of the molecule is N#Cc1ccccc1OCC(O)CNCCC(=O)NCc1cccnc1. The van der Waals surface area contributed by atoms with Crippen LogP contribution >= 0.6 is 0 Å². The molecule has 0 saturated carbocycles. The lowest BCUT2D eigenvalue weighted by atomic mass is 10.2. The molecule has 7 nitrogen and oxygen atoms in total. The highest BCUT2D eigenvalue weighted by atomic mass is 16.5. The van der Waals surface area contributed by atoms with Crippen molar-refractivity contribution in [3.05, 3.63) is 59.9 Å². The number of amides is 1. The lowest BCUT2D eigenvalue weighted by Crippen LogP contribution is -2.34. The highest BCUT2D eigenvalue weighted by molar-refractivity contribution is 5.76. The molecule has 2 aromatic rings. The van der Waals surface area contributed by atoms with Gasteiger partial charge in [0, 0.05) is 38.4 Å². The molecule has 0 spiro atoms. The van der Waals surface area contributed by atoms with E-state index in [0.29, 0.717) is 37.4 Å². The number of aliphatic hydroxyl groups is 1. The van der Waals surface area contributed by atoms with Gasteiger partial charge in [0.25, 0.3) is 0 Å². The molecule has 0 radical (unpaired) electrons. The number of para-hydroxylation sites is 1. The maximum absolute atomic E-state index is 11.8. The molecule has 2 rings (SSSR count). The summed E-state index contributed by atoms with van der Waals surface area (Å²) in [6, 6.07) is 12.6. The summed E-state index contributed by atoms with van der Waals surface area (Å²) in [5, 5.41) is 24.7. The number of carbonyl (C=O) groups is 1. The Bertz CT molecular complexity index is 731. The average Bonchev–Trinajstić information content (AvgIpc) is 2.69. The first-order chi connectivity index (χ1) is 12.7. The van der Waals surface area contributed by atoms with E-state index in [1.807, 2.05) is 18.2 Å². The molecule has 1 aromatic heterocycles. The van der Waals surface area contributed by atoms with Gasteiger partial charge in [-0.1, -0.05) is 18.2 Å². The molecule has 0 aliphatic carbocycles. The van der Waals surface area contributed by atoms with Gasteiger partial charge in [-0.05, 0) is 23.8 Å². The predicted molar refractivity (Wildman–Crippen MR) is 96.2 cm³/mol. The van der Waals surface area contributed by atoms with Gasteiger partial charge in [0.2, 0.25) is 5.91 Å². The molecule has 1 unspecified atom stereocenters. The van der Waals surface area contributed by atoms with Gasteiger partial charge >= 0.3 is 0 Å². The van der Waals surface area contributed by atoms with Crippen LogP contribution in [0.3, 0.4) is 0 Å². The molecule has 7 heteroatoms. The van der Waals surface area contributed by atoms with Crippen molar-refractivity contribution < 1.29 is 14.6 Å². The van der Waals surface area contributed by atoms with Gasteiger partial charge in [0.05, 0.1) is 5.56 Å². The van der Waals surface area contributed by atoms with Crippen LogP contribution in [0.25, 0.3) is 0 Å². The normalized spacial score (nSPS) is 11.4. The second kappa shape index (κ2) is 10.8. The summed E-state index contributed by atoms with van der Waals surface area (Å²) in [7, 11) is 0. The fourth-order valence-corrected chi connectivity index (χ4v) is 2.19. The highest BCUT2D eigenvalue weighted by Gasteiger charge is 2.08. The van der Waals surface area contributed by atoms with Gasteiger partial charge in [0.15, 0.2) is 0 Å². The Balaban J connectivity index is 1.57. The zero-order valence-electron chi connectivity index (χ0n) is 14.4. The Kier molecular flexibility index (Phi) is 8.06. The van der Waals surface area contributed by atoms with Crippen LogP contribution in [-0.2, 0) is 11.3 Å². The summed E-state index contributed by atoms with van der Waals surface area (Å²) in [6.07, 6.45) is 2.97. The molecule has 0 fully saturated rings. The van der Waals surface area contributed by atoms with E-state index in [-0.39, 0.29) is 12.5 Å². The first-order valence-corrected chi connectivity index (χ1v) is 8.35. The number of rotatable bonds is 10. The Labute approximate surface area is 152 Å². The molecular weight excluding hydrogens is 332 g/mol. The lowest BCUT2D eigenvalue weighted by Gasteiger charge is -2.14. The van der Waals surface area contributed by atoms with E-state index in [0.717, 1.165) is 5.56 Å². The molecule has 1 amide bonds. The van der Waals surface area contributed by atoms with Crippen LogP contribution < -0.4 is 15.4 Å². The second-order valence-corrected chi connectivity index (χ2v) is 5.66. The molecule has 0 bridgehead atoms. The predicted octanol–water partition coefficient (Wildman–Crippen LogP) is 0.989. The molecule has 1 heterocycles. The third-order valence-corrected chi connectivity index (χ3v) is 3.56. The number of hydrogen-bond acceptors (Lipinski definition) is 6. The third-order valence-electron chi connectivity index (χ3n) is 3.56. The third kappa shape index (κ3) is 6.89. The Morgan fingerprint density at radius 3 is 2.92 bits per heavy atom. The molecule has 0 aliphatic heterocycles. The first-order valence-electron chi connectivity index (χ1n) is 8.35. The number of ether oxygens (including phenoxy) is 1. The van der Waals surface area contributed by atoms with Crippen LogP contribution in [0.2, 0.25) is 0 Å². The largest absolute Gasteiger partial charge is 0.489 e. The van der Waals surface area contributed by atoms with Gasteiger partial charge in [-0.2, -0.15) is 5.26 Å². The van der Waals surface area contributed by atoms with Crippen molar-refractivity contribution in [3.63, 3.8) is 0 Å². The van der Waals surface area contributed by atoms with Crippen LogP contribution in [0.1, 0.15) is 17.5 Å². The van der Waals surface area contributed by atoms with Gasteiger partial charge in [-0.15, -0.1) is 0 Å². The molecule has 0 saturated heterocycles. The number of aromatic nitrogens is 1. The van der Waals surface area contributed by atoms with Crippen LogP contribution in [0.4, 0.5) is 0 Å². The topological polar surface area (TPSA) is 107 Å². The standard InChI is InChI=1S/C19H22N4O3/c20-10-16-5-1-2-6-18(16)26-14-17(24)13-22-9-7-19(25)23-12-15-4-3-8-21-11-15/h1-6,8,11,17,22,24H,7,9,12-14H2,(H,23,25). The van der Waals surface area contributed by atoms with E-state index < -0.39 is 6.10 Å². The average molecular weight is 354 g/mol. The summed E-state index contributed by atoms with van der Waals surface area (Å²) in [4.78, 5) is 15.7. The number of aliphatic hydroxyl groups excluding tert-OH is 1. The second-order valence-electron chi connectivity index (χ2n) is 5.66. The van der Waals surface area contributed by atoms with E-state index in [2.05, 4.69) is 15.6 Å². The quantitative estimate of drug-likeness (QED) is 0.549. The number of benzene rings is 1. The summed E-state index contributed by atoms with van der Waals surface area (Å²) >= 11 is 0. The summed E-state index contributed by atoms with van der Waals surface area (Å²) in [5.74, 6) is 0.374. The van der Waals surface area contributed by atoms with Crippen molar-refractivity contribution in [2.75, 3.05) is 19.7 Å². The fourth-order valence-electron chi connectivity index (χ4n) is 2.19. The molecule has 1 aromatic carbocycles. The monoisotopic (exact) mass is 354 g/mol. The Hall–Kier alpha value is -2.95. The van der Waals surface area contributed by atoms with E-state index in [9.17, 15) is 9.90 Å². The van der Waals surface area contributed by atoms with Gasteiger partial charge in [-0.3, -0.25) is 9.78 Å². The highest BCUT2D eigenvalue weighted by Crippen LogP contribution is 2.16. The number of hydrogen-bond donors (Lipinski definition) is 3. The summed E-state index contributed by atoms with van der Waals surface area (Å²) in [6.45, 7) is 1.26. The number of nitrogens with zero attached hydrogens (tertiary/aromatic N) is 2. The van der Waals surface area contributed by atoms with Crippen LogP contribution in [0.15, 0.2) is 48.8 Å². The first kappa shape index (κ1) is 19.4. The number of nitrogens with one attached hydrogen (secondary N) is 2. The van der Waals surface area contributed by atoms with Crippen LogP contribution in [-0.4, -0.2) is 41.8 Å². The smallest absolute Gasteiger partial charge is 0.221 e. The zero-order valence-corrected chi connectivity index (χ0v) is 14.4. The van der Waals surface area contributed by atoms with Crippen molar-refractivity contribution >= 4 is 5.91 Å². The minimum atomic E-state index is -0.736. The van der Waals surface area contributed by atoms with E-state index in [4.69, 9.17) is 10.00 Å². The van der Waals surface area contributed by atoms with Crippen LogP contribution in [0.5, 0.6) is 5.75 Å². The van der Waals surface area contributed by atoms with E-state index in [1.165, 1.54) is 0 Å². The molecule has 1 atom stereocenters. The summed E-state index contributed by atoms with van der Waals surface area (Å²) in [5.41, 5.74) is 1.37. The minimum Gasteiger partial charge on any atom is -0.489 e. The molecule has 136 valence electrons. The van der Waals surface area contributed by atoms with Gasteiger partial charge in [0.1, 0.15) is 24.5 Å². The molecule has 26 heavy (non-hydrogen) atoms. The number of carbonyl (C=O) groups excluding carboxylic acids is 1. The Morgan fingerprint density at radius 2 is 2.15 bits per heavy atom. The van der Waals surface area contributed by atoms with E-state index in [1.54, 1.807) is 36.7 Å². The maximum Gasteiger partial charge on any atom is 0.221 e. The zero-order chi connectivity index (χ0) is 18.6. The number of nitriles is 1. The lowest BCUT2D eigenvalue weighted by molar-refractivity contribution is -0.121. The summed E-state index contributed by atoms with van der Waals surface area (Å²) < 4.78 is 5.46. The molecule has 3 N–H and O–H groups in total. The van der Waals surface area contributed by atoms with Crippen molar-refractivity contribution in [1.82, 2.24) is 15.6 Å². The van der Waals surface area contributed by atoms with E-state index >= 15 is 0 Å². The van der Waals surface area contributed by atoms with Gasteiger partial charge in [-0.25, -0.2) is 0 Å². The molecular formula is C19H22N4O3. The van der Waals surface area contributed by atoms with Crippen molar-refractivity contribution in [3.8, 4) is 11.8 Å². The maximum atomic E-state index is 11.8. The number of pyridine rings is 1. The fraction of sp³-hybridized carbons (Fsp3) is 0.316. The van der Waals surface area contributed by atoms with Crippen molar-refractivity contribution in [2.45, 2.75) is 19.1 Å². The van der Waals surface area contributed by atoms with Crippen molar-refractivity contribution in [2.24, 2.45) is 0 Å². The van der Waals surface area contributed by atoms with Gasteiger partial charge < -0.3 is 20.5 Å². The molecule has 0 aliphatic rings. The van der Waals surface area contributed by atoms with Crippen molar-refractivity contribution in [1.29, 1.82) is 5.26 Å². The van der Waals surface area contributed by atoms with Crippen LogP contribution in [0, 0.1) is 11.3 Å². The Morgan fingerprint density at radius 1 is 1.31 bits per heavy atom.